The van der Waals surface area contributed by atoms with Crippen molar-refractivity contribution in [3.05, 3.63) is 23.7 Å². The van der Waals surface area contributed by atoms with E-state index in [1.807, 2.05) is 13.0 Å². The fourth-order valence-corrected chi connectivity index (χ4v) is 2.80. The van der Waals surface area contributed by atoms with Gasteiger partial charge in [0.25, 0.3) is 0 Å². The minimum atomic E-state index is 0.156. The smallest absolute Gasteiger partial charge is 0.122 e. The maximum atomic E-state index is 6.32. The Morgan fingerprint density at radius 3 is 2.56 bits per heavy atom. The Labute approximate surface area is 110 Å². The molecule has 18 heavy (non-hydrogen) atoms. The van der Waals surface area contributed by atoms with E-state index in [0.717, 1.165) is 36.9 Å². The molecular formula is C15H26N2O. The molecule has 3 heteroatoms. The molecule has 1 aromatic heterocycles. The van der Waals surface area contributed by atoms with Crippen LogP contribution in [0.25, 0.3) is 0 Å². The quantitative estimate of drug-likeness (QED) is 0.893. The zero-order valence-corrected chi connectivity index (χ0v) is 11.9. The average Bonchev–Trinajstić information content (AvgIpc) is 2.78. The molecule has 2 unspecified atom stereocenters. The molecule has 0 radical (unpaired) electrons. The van der Waals surface area contributed by atoms with E-state index in [0.29, 0.717) is 0 Å². The molecule has 0 amide bonds. The van der Waals surface area contributed by atoms with E-state index in [1.165, 1.54) is 12.8 Å². The highest BCUT2D eigenvalue weighted by Gasteiger charge is 2.30. The topological polar surface area (TPSA) is 42.4 Å². The first-order chi connectivity index (χ1) is 8.61. The number of rotatable bonds is 4. The molecule has 2 atom stereocenters. The predicted molar refractivity (Wildman–Crippen MR) is 74.4 cm³/mol. The minimum absolute atomic E-state index is 0.156. The van der Waals surface area contributed by atoms with Gasteiger partial charge in [0.1, 0.15) is 11.5 Å². The molecule has 1 aliphatic heterocycles. The standard InChI is InChI=1S/C15H26N2O/c1-4-13(16)15(14-6-5-12(3)18-14)17-9-7-11(2)8-10-17/h5-6,11,13,15H,4,7-10,16H2,1-3H3. The van der Waals surface area contributed by atoms with Gasteiger partial charge in [-0.25, -0.2) is 0 Å². The number of nitrogens with two attached hydrogens (primary N) is 1. The number of piperidine rings is 1. The van der Waals surface area contributed by atoms with E-state index in [4.69, 9.17) is 10.2 Å². The Morgan fingerprint density at radius 1 is 1.39 bits per heavy atom. The van der Waals surface area contributed by atoms with E-state index < -0.39 is 0 Å². The second-order valence-electron chi connectivity index (χ2n) is 5.68. The molecule has 1 fully saturated rings. The van der Waals surface area contributed by atoms with Crippen molar-refractivity contribution >= 4 is 0 Å². The largest absolute Gasteiger partial charge is 0.465 e. The van der Waals surface area contributed by atoms with Crippen molar-refractivity contribution in [2.24, 2.45) is 11.7 Å². The Balaban J connectivity index is 2.15. The van der Waals surface area contributed by atoms with Gasteiger partial charge in [-0.1, -0.05) is 13.8 Å². The highest BCUT2D eigenvalue weighted by molar-refractivity contribution is 5.12. The maximum Gasteiger partial charge on any atom is 0.122 e. The zero-order chi connectivity index (χ0) is 13.1. The summed E-state index contributed by atoms with van der Waals surface area (Å²) in [6, 6.07) is 4.53. The van der Waals surface area contributed by atoms with Crippen LogP contribution in [0.5, 0.6) is 0 Å². The normalized spacial score (nSPS) is 22.0. The molecule has 102 valence electrons. The van der Waals surface area contributed by atoms with Gasteiger partial charge >= 0.3 is 0 Å². The fraction of sp³-hybridized carbons (Fsp3) is 0.733. The average molecular weight is 250 g/mol. The van der Waals surface area contributed by atoms with E-state index in [2.05, 4.69) is 24.8 Å². The molecule has 2 rings (SSSR count). The van der Waals surface area contributed by atoms with Crippen molar-refractivity contribution in [2.75, 3.05) is 13.1 Å². The van der Waals surface area contributed by atoms with Crippen LogP contribution in [0.4, 0.5) is 0 Å². The third-order valence-corrected chi connectivity index (χ3v) is 4.14. The van der Waals surface area contributed by atoms with Crippen LogP contribution in [0, 0.1) is 12.8 Å². The Hall–Kier alpha value is -0.800. The second kappa shape index (κ2) is 5.89. The number of hydrogen-bond acceptors (Lipinski definition) is 3. The van der Waals surface area contributed by atoms with Gasteiger partial charge in [0.05, 0.1) is 6.04 Å². The van der Waals surface area contributed by atoms with Crippen LogP contribution in [0.15, 0.2) is 16.5 Å². The summed E-state index contributed by atoms with van der Waals surface area (Å²) in [4.78, 5) is 2.51. The monoisotopic (exact) mass is 250 g/mol. The number of aryl methyl sites for hydroxylation is 1. The molecule has 2 N–H and O–H groups in total. The summed E-state index contributed by atoms with van der Waals surface area (Å²) in [5.41, 5.74) is 6.32. The van der Waals surface area contributed by atoms with Crippen LogP contribution in [0.3, 0.4) is 0 Å². The van der Waals surface area contributed by atoms with Crippen molar-refractivity contribution in [2.45, 2.75) is 52.1 Å². The summed E-state index contributed by atoms with van der Waals surface area (Å²) in [6.07, 6.45) is 3.52. The van der Waals surface area contributed by atoms with Crippen LogP contribution in [0.1, 0.15) is 50.7 Å². The second-order valence-corrected chi connectivity index (χ2v) is 5.68. The van der Waals surface area contributed by atoms with Gasteiger partial charge in [0, 0.05) is 6.04 Å². The molecule has 1 aliphatic rings. The van der Waals surface area contributed by atoms with Crippen molar-refractivity contribution in [1.29, 1.82) is 0 Å². The molecule has 0 aromatic carbocycles. The first-order valence-electron chi connectivity index (χ1n) is 7.17. The van der Waals surface area contributed by atoms with Crippen LogP contribution >= 0.6 is 0 Å². The molecule has 0 bridgehead atoms. The first-order valence-corrected chi connectivity index (χ1v) is 7.17. The first kappa shape index (κ1) is 13.6. The van der Waals surface area contributed by atoms with Crippen LogP contribution in [0.2, 0.25) is 0 Å². The molecule has 1 aromatic rings. The highest BCUT2D eigenvalue weighted by Crippen LogP contribution is 2.30. The molecule has 0 aliphatic carbocycles. The molecule has 0 spiro atoms. The molecule has 3 nitrogen and oxygen atoms in total. The molecular weight excluding hydrogens is 224 g/mol. The lowest BCUT2D eigenvalue weighted by Gasteiger charge is -2.38. The Bertz CT molecular complexity index is 366. The highest BCUT2D eigenvalue weighted by atomic mass is 16.3. The number of hydrogen-bond donors (Lipinski definition) is 1. The van der Waals surface area contributed by atoms with Gasteiger partial charge in [0.15, 0.2) is 0 Å². The predicted octanol–water partition coefficient (Wildman–Crippen LogP) is 3.10. The fourth-order valence-electron chi connectivity index (χ4n) is 2.80. The van der Waals surface area contributed by atoms with Gasteiger partial charge in [-0.3, -0.25) is 4.90 Å². The van der Waals surface area contributed by atoms with Crippen LogP contribution < -0.4 is 5.73 Å². The van der Waals surface area contributed by atoms with Gasteiger partial charge < -0.3 is 10.2 Å². The zero-order valence-electron chi connectivity index (χ0n) is 11.9. The Kier molecular flexibility index (Phi) is 4.46. The summed E-state index contributed by atoms with van der Waals surface area (Å²) >= 11 is 0. The third kappa shape index (κ3) is 2.96. The van der Waals surface area contributed by atoms with Crippen LogP contribution in [-0.4, -0.2) is 24.0 Å². The van der Waals surface area contributed by atoms with Gasteiger partial charge in [-0.15, -0.1) is 0 Å². The SMILES string of the molecule is CCC(N)C(c1ccc(C)o1)N1CCC(C)CC1. The summed E-state index contributed by atoms with van der Waals surface area (Å²) < 4.78 is 5.83. The third-order valence-electron chi connectivity index (χ3n) is 4.14. The molecule has 2 heterocycles. The van der Waals surface area contributed by atoms with Crippen molar-refractivity contribution in [3.8, 4) is 0 Å². The number of likely N-dealkylation sites (tertiary alicyclic amines) is 1. The lowest BCUT2D eigenvalue weighted by atomic mass is 9.94. The summed E-state index contributed by atoms with van der Waals surface area (Å²) in [5, 5.41) is 0. The van der Waals surface area contributed by atoms with Gasteiger partial charge in [-0.2, -0.15) is 0 Å². The lowest BCUT2D eigenvalue weighted by molar-refractivity contribution is 0.104. The van der Waals surface area contributed by atoms with E-state index >= 15 is 0 Å². The van der Waals surface area contributed by atoms with Crippen LogP contribution in [-0.2, 0) is 0 Å². The van der Waals surface area contributed by atoms with Crippen molar-refractivity contribution in [1.82, 2.24) is 4.90 Å². The molecule has 1 saturated heterocycles. The number of furan rings is 1. The summed E-state index contributed by atoms with van der Waals surface area (Å²) in [7, 11) is 0. The minimum Gasteiger partial charge on any atom is -0.465 e. The summed E-state index contributed by atoms with van der Waals surface area (Å²) in [6.45, 7) is 8.76. The van der Waals surface area contributed by atoms with E-state index in [9.17, 15) is 0 Å². The van der Waals surface area contributed by atoms with Crippen molar-refractivity contribution < 1.29 is 4.42 Å². The van der Waals surface area contributed by atoms with E-state index in [-0.39, 0.29) is 12.1 Å². The Morgan fingerprint density at radius 2 is 2.06 bits per heavy atom. The van der Waals surface area contributed by atoms with E-state index in [1.54, 1.807) is 0 Å². The van der Waals surface area contributed by atoms with Crippen molar-refractivity contribution in [3.63, 3.8) is 0 Å². The maximum absolute atomic E-state index is 6.32. The van der Waals surface area contributed by atoms with Gasteiger partial charge in [-0.05, 0) is 57.3 Å². The number of nitrogens with zero attached hydrogens (tertiary/aromatic N) is 1. The summed E-state index contributed by atoms with van der Waals surface area (Å²) in [5.74, 6) is 2.86. The molecule has 0 saturated carbocycles. The van der Waals surface area contributed by atoms with Gasteiger partial charge in [0.2, 0.25) is 0 Å². The lowest BCUT2D eigenvalue weighted by Crippen LogP contribution is -2.44.